The van der Waals surface area contributed by atoms with E-state index in [9.17, 15) is 13.6 Å². The fourth-order valence-electron chi connectivity index (χ4n) is 1.86. The molecule has 5 heteroatoms. The highest BCUT2D eigenvalue weighted by Crippen LogP contribution is 2.21. The Balaban J connectivity index is 2.15. The Kier molecular flexibility index (Phi) is 3.98. The summed E-state index contributed by atoms with van der Waals surface area (Å²) in [7, 11) is 0. The molecule has 3 nitrogen and oxygen atoms in total. The van der Waals surface area contributed by atoms with Crippen molar-refractivity contribution in [1.82, 2.24) is 0 Å². The Morgan fingerprint density at radius 2 is 1.80 bits per heavy atom. The number of carbonyl (C=O) groups is 1. The smallest absolute Gasteiger partial charge is 0.338 e. The highest BCUT2D eigenvalue weighted by Gasteiger charge is 2.12. The van der Waals surface area contributed by atoms with Gasteiger partial charge in [0.15, 0.2) is 0 Å². The van der Waals surface area contributed by atoms with Gasteiger partial charge in [-0.05, 0) is 42.8 Å². The summed E-state index contributed by atoms with van der Waals surface area (Å²) in [6.45, 7) is 1.84. The van der Waals surface area contributed by atoms with Gasteiger partial charge in [-0.1, -0.05) is 12.1 Å². The molecule has 104 valence electrons. The van der Waals surface area contributed by atoms with Crippen molar-refractivity contribution in [1.29, 1.82) is 0 Å². The summed E-state index contributed by atoms with van der Waals surface area (Å²) in [6, 6.07) is 9.63. The number of hydrogen-bond acceptors (Lipinski definition) is 2. The van der Waals surface area contributed by atoms with Gasteiger partial charge < -0.3 is 10.4 Å². The van der Waals surface area contributed by atoms with Crippen molar-refractivity contribution < 1.29 is 18.7 Å². The van der Waals surface area contributed by atoms with Gasteiger partial charge in [-0.2, -0.15) is 0 Å². The predicted octanol–water partition coefficient (Wildman–Crippen LogP) is 3.84. The standard InChI is InChI=1S/C15H13F2NO2/c1-9(10-2-4-11(16)5-3-10)18-12-6-7-13(15(19)20)14(17)8-12/h2-9,18H,1H3,(H,19,20). The van der Waals surface area contributed by atoms with Crippen LogP contribution in [0, 0.1) is 11.6 Å². The van der Waals surface area contributed by atoms with Crippen LogP contribution in [0.3, 0.4) is 0 Å². The third-order valence-corrected chi connectivity index (χ3v) is 2.95. The number of benzene rings is 2. The largest absolute Gasteiger partial charge is 0.478 e. The van der Waals surface area contributed by atoms with Crippen LogP contribution in [0.5, 0.6) is 0 Å². The molecular formula is C15H13F2NO2. The highest BCUT2D eigenvalue weighted by molar-refractivity contribution is 5.88. The summed E-state index contributed by atoms with van der Waals surface area (Å²) < 4.78 is 26.4. The number of rotatable bonds is 4. The van der Waals surface area contributed by atoms with Crippen LogP contribution < -0.4 is 5.32 Å². The van der Waals surface area contributed by atoms with E-state index in [4.69, 9.17) is 5.11 Å². The maximum atomic E-state index is 13.5. The van der Waals surface area contributed by atoms with Crippen molar-refractivity contribution in [2.45, 2.75) is 13.0 Å². The number of hydrogen-bond donors (Lipinski definition) is 2. The van der Waals surface area contributed by atoms with Crippen molar-refractivity contribution >= 4 is 11.7 Å². The van der Waals surface area contributed by atoms with Crippen LogP contribution in [0.4, 0.5) is 14.5 Å². The first kappa shape index (κ1) is 14.0. The molecule has 0 heterocycles. The SMILES string of the molecule is CC(Nc1ccc(C(=O)O)c(F)c1)c1ccc(F)cc1. The summed E-state index contributed by atoms with van der Waals surface area (Å²) >= 11 is 0. The molecule has 2 aromatic rings. The molecule has 1 atom stereocenters. The van der Waals surface area contributed by atoms with Crippen molar-refractivity contribution in [3.05, 3.63) is 65.2 Å². The molecule has 0 radical (unpaired) electrons. The average Bonchev–Trinajstić information content (AvgIpc) is 2.39. The number of carboxylic acids is 1. The van der Waals surface area contributed by atoms with Gasteiger partial charge in [0, 0.05) is 11.7 Å². The van der Waals surface area contributed by atoms with Gasteiger partial charge in [0.2, 0.25) is 0 Å². The number of aromatic carboxylic acids is 1. The zero-order chi connectivity index (χ0) is 14.7. The van der Waals surface area contributed by atoms with E-state index >= 15 is 0 Å². The Morgan fingerprint density at radius 1 is 1.15 bits per heavy atom. The average molecular weight is 277 g/mol. The minimum absolute atomic E-state index is 0.161. The number of nitrogens with one attached hydrogen (secondary N) is 1. The minimum Gasteiger partial charge on any atom is -0.478 e. The molecule has 2 N–H and O–H groups in total. The Labute approximate surface area is 114 Å². The number of halogens is 2. The molecule has 0 bridgehead atoms. The van der Waals surface area contributed by atoms with E-state index < -0.39 is 11.8 Å². The van der Waals surface area contributed by atoms with Crippen LogP contribution >= 0.6 is 0 Å². The van der Waals surface area contributed by atoms with Crippen LogP contribution in [0.1, 0.15) is 28.9 Å². The molecule has 0 aromatic heterocycles. The monoisotopic (exact) mass is 277 g/mol. The van der Waals surface area contributed by atoms with Crippen molar-refractivity contribution in [2.24, 2.45) is 0 Å². The number of anilines is 1. The molecule has 0 aliphatic rings. The van der Waals surface area contributed by atoms with E-state index in [1.54, 1.807) is 12.1 Å². The third-order valence-electron chi connectivity index (χ3n) is 2.95. The number of carboxylic acid groups (broad SMARTS) is 1. The maximum Gasteiger partial charge on any atom is 0.338 e. The van der Waals surface area contributed by atoms with E-state index in [1.165, 1.54) is 24.3 Å². The summed E-state index contributed by atoms with van der Waals surface area (Å²) in [5, 5.41) is 11.8. The minimum atomic E-state index is -1.30. The molecule has 2 aromatic carbocycles. The molecule has 0 saturated heterocycles. The molecular weight excluding hydrogens is 264 g/mol. The Morgan fingerprint density at radius 3 is 2.35 bits per heavy atom. The fourth-order valence-corrected chi connectivity index (χ4v) is 1.86. The van der Waals surface area contributed by atoms with Crippen LogP contribution in [-0.2, 0) is 0 Å². The molecule has 0 fully saturated rings. The lowest BCUT2D eigenvalue weighted by molar-refractivity contribution is 0.0692. The highest BCUT2D eigenvalue weighted by atomic mass is 19.1. The van der Waals surface area contributed by atoms with E-state index in [-0.39, 0.29) is 17.4 Å². The summed E-state index contributed by atoms with van der Waals surface area (Å²) in [6.07, 6.45) is 0. The van der Waals surface area contributed by atoms with Gasteiger partial charge in [-0.15, -0.1) is 0 Å². The molecule has 20 heavy (non-hydrogen) atoms. The van der Waals surface area contributed by atoms with Crippen LogP contribution in [0.15, 0.2) is 42.5 Å². The van der Waals surface area contributed by atoms with Gasteiger partial charge in [-0.3, -0.25) is 0 Å². The summed E-state index contributed by atoms with van der Waals surface area (Å²) in [5.74, 6) is -2.42. The van der Waals surface area contributed by atoms with E-state index in [2.05, 4.69) is 5.32 Å². The fraction of sp³-hybridized carbons (Fsp3) is 0.133. The summed E-state index contributed by atoms with van der Waals surface area (Å²) in [5.41, 5.74) is 0.934. The van der Waals surface area contributed by atoms with E-state index in [1.807, 2.05) is 6.92 Å². The normalized spacial score (nSPS) is 11.9. The molecule has 0 saturated carbocycles. The van der Waals surface area contributed by atoms with Crippen LogP contribution in [-0.4, -0.2) is 11.1 Å². The van der Waals surface area contributed by atoms with Gasteiger partial charge in [0.25, 0.3) is 0 Å². The van der Waals surface area contributed by atoms with Gasteiger partial charge in [0.05, 0.1) is 5.56 Å². The molecule has 0 aliphatic heterocycles. The zero-order valence-electron chi connectivity index (χ0n) is 10.7. The lowest BCUT2D eigenvalue weighted by Crippen LogP contribution is -2.08. The Bertz CT molecular complexity index is 626. The van der Waals surface area contributed by atoms with Crippen LogP contribution in [0.25, 0.3) is 0 Å². The van der Waals surface area contributed by atoms with Crippen molar-refractivity contribution in [2.75, 3.05) is 5.32 Å². The molecule has 2 rings (SSSR count). The van der Waals surface area contributed by atoms with Crippen molar-refractivity contribution in [3.8, 4) is 0 Å². The van der Waals surface area contributed by atoms with E-state index in [0.717, 1.165) is 11.6 Å². The molecule has 0 spiro atoms. The lowest BCUT2D eigenvalue weighted by Gasteiger charge is -2.16. The second kappa shape index (κ2) is 5.69. The first-order valence-electron chi connectivity index (χ1n) is 6.02. The Hall–Kier alpha value is -2.43. The van der Waals surface area contributed by atoms with Crippen LogP contribution in [0.2, 0.25) is 0 Å². The topological polar surface area (TPSA) is 49.3 Å². The molecule has 1 unspecified atom stereocenters. The van der Waals surface area contributed by atoms with Crippen molar-refractivity contribution in [3.63, 3.8) is 0 Å². The molecule has 0 aliphatic carbocycles. The van der Waals surface area contributed by atoms with Gasteiger partial charge in [0.1, 0.15) is 11.6 Å². The third kappa shape index (κ3) is 3.12. The first-order valence-corrected chi connectivity index (χ1v) is 6.02. The van der Waals surface area contributed by atoms with E-state index in [0.29, 0.717) is 5.69 Å². The second-order valence-electron chi connectivity index (χ2n) is 4.42. The lowest BCUT2D eigenvalue weighted by atomic mass is 10.1. The summed E-state index contributed by atoms with van der Waals surface area (Å²) in [4.78, 5) is 10.7. The second-order valence-corrected chi connectivity index (χ2v) is 4.42. The van der Waals surface area contributed by atoms with Gasteiger partial charge in [-0.25, -0.2) is 13.6 Å². The first-order chi connectivity index (χ1) is 9.47. The maximum absolute atomic E-state index is 13.5. The molecule has 0 amide bonds. The predicted molar refractivity (Wildman–Crippen MR) is 71.8 cm³/mol. The van der Waals surface area contributed by atoms with Gasteiger partial charge >= 0.3 is 5.97 Å². The quantitative estimate of drug-likeness (QED) is 0.892. The zero-order valence-corrected chi connectivity index (χ0v) is 10.7.